The van der Waals surface area contributed by atoms with Gasteiger partial charge in [-0.1, -0.05) is 12.1 Å². The smallest absolute Gasteiger partial charge is 0.341 e. The Morgan fingerprint density at radius 1 is 1.36 bits per heavy atom. The molecule has 3 aromatic rings. The molecular weight excluding hydrogens is 291 g/mol. The highest BCUT2D eigenvalue weighted by atomic mass is 19.1. The molecule has 0 radical (unpaired) electrons. The van der Waals surface area contributed by atoms with E-state index in [1.54, 1.807) is 13.0 Å². The van der Waals surface area contributed by atoms with Crippen molar-refractivity contribution in [1.82, 2.24) is 9.56 Å². The quantitative estimate of drug-likeness (QED) is 0.693. The minimum absolute atomic E-state index is 0.167. The minimum atomic E-state index is -0.816. The van der Waals surface area contributed by atoms with Gasteiger partial charge < -0.3 is 9.26 Å². The maximum atomic E-state index is 13.5. The topological polar surface area (TPSA) is 73.8 Å². The second-order valence-corrected chi connectivity index (χ2v) is 4.64. The molecule has 0 fully saturated rings. The van der Waals surface area contributed by atoms with Crippen molar-refractivity contribution < 1.29 is 18.4 Å². The second kappa shape index (κ2) is 5.44. The van der Waals surface area contributed by atoms with Crippen LogP contribution in [0.3, 0.4) is 0 Å². The Hall–Kier alpha value is -2.96. The average molecular weight is 302 g/mol. The summed E-state index contributed by atoms with van der Waals surface area (Å²) in [6.07, 6.45) is 0. The van der Waals surface area contributed by atoms with Crippen molar-refractivity contribution in [1.29, 1.82) is 0 Å². The van der Waals surface area contributed by atoms with Gasteiger partial charge in [0.1, 0.15) is 18.2 Å². The van der Waals surface area contributed by atoms with Gasteiger partial charge in [0.25, 0.3) is 5.56 Å². The SMILES string of the molecule is Cc1cc2nc(COC(=O)c3ccccc3F)cc(=O)n2o1. The van der Waals surface area contributed by atoms with Crippen LogP contribution in [0.1, 0.15) is 21.8 Å². The standard InChI is InChI=1S/C15H11FN2O4/c1-9-6-13-17-10(7-14(19)18(13)22-9)8-21-15(20)11-4-2-3-5-12(11)16/h2-7H,8H2,1H3. The van der Waals surface area contributed by atoms with Crippen LogP contribution in [0, 0.1) is 12.7 Å². The summed E-state index contributed by atoms with van der Waals surface area (Å²) < 4.78 is 24.6. The molecule has 7 heteroatoms. The lowest BCUT2D eigenvalue weighted by atomic mass is 10.2. The molecule has 0 atom stereocenters. The van der Waals surface area contributed by atoms with E-state index in [1.165, 1.54) is 30.3 Å². The summed E-state index contributed by atoms with van der Waals surface area (Å²) >= 11 is 0. The van der Waals surface area contributed by atoms with E-state index in [1.807, 2.05) is 0 Å². The van der Waals surface area contributed by atoms with Crippen molar-refractivity contribution in [2.24, 2.45) is 0 Å². The number of rotatable bonds is 3. The van der Waals surface area contributed by atoms with Crippen LogP contribution in [0.2, 0.25) is 0 Å². The lowest BCUT2D eigenvalue weighted by molar-refractivity contribution is 0.0462. The summed E-state index contributed by atoms with van der Waals surface area (Å²) in [5, 5.41) is 0. The Balaban J connectivity index is 1.81. The number of carbonyl (C=O) groups excluding carboxylic acids is 1. The molecule has 0 aliphatic heterocycles. The first-order valence-electron chi connectivity index (χ1n) is 6.46. The molecule has 0 aliphatic rings. The number of esters is 1. The van der Waals surface area contributed by atoms with Crippen molar-refractivity contribution in [3.63, 3.8) is 0 Å². The first-order valence-corrected chi connectivity index (χ1v) is 6.46. The van der Waals surface area contributed by atoms with Crippen molar-refractivity contribution in [2.45, 2.75) is 13.5 Å². The van der Waals surface area contributed by atoms with Gasteiger partial charge in [0.2, 0.25) is 0 Å². The third-order valence-electron chi connectivity index (χ3n) is 2.97. The van der Waals surface area contributed by atoms with E-state index >= 15 is 0 Å². The first-order chi connectivity index (χ1) is 10.5. The third-order valence-corrected chi connectivity index (χ3v) is 2.97. The van der Waals surface area contributed by atoms with Crippen LogP contribution in [0.15, 0.2) is 45.7 Å². The van der Waals surface area contributed by atoms with Gasteiger partial charge in [-0.3, -0.25) is 4.79 Å². The Morgan fingerprint density at radius 2 is 2.14 bits per heavy atom. The van der Waals surface area contributed by atoms with Crippen LogP contribution >= 0.6 is 0 Å². The summed E-state index contributed by atoms with van der Waals surface area (Å²) in [6.45, 7) is 1.45. The van der Waals surface area contributed by atoms with Gasteiger partial charge in [-0.15, -0.1) is 4.57 Å². The molecule has 0 bridgehead atoms. The molecule has 2 heterocycles. The van der Waals surface area contributed by atoms with Gasteiger partial charge in [0, 0.05) is 12.1 Å². The second-order valence-electron chi connectivity index (χ2n) is 4.64. The average Bonchev–Trinajstić information content (AvgIpc) is 2.86. The molecule has 2 aromatic heterocycles. The molecule has 6 nitrogen and oxygen atoms in total. The Kier molecular flexibility index (Phi) is 3.46. The maximum absolute atomic E-state index is 13.5. The number of benzene rings is 1. The van der Waals surface area contributed by atoms with Gasteiger partial charge in [-0.2, -0.15) is 0 Å². The monoisotopic (exact) mass is 302 g/mol. The molecule has 0 amide bonds. The van der Waals surface area contributed by atoms with Crippen molar-refractivity contribution in [3.05, 3.63) is 69.6 Å². The van der Waals surface area contributed by atoms with E-state index in [0.717, 1.165) is 4.57 Å². The first kappa shape index (κ1) is 14.0. The van der Waals surface area contributed by atoms with E-state index in [-0.39, 0.29) is 17.9 Å². The predicted molar refractivity (Wildman–Crippen MR) is 74.0 cm³/mol. The summed E-state index contributed by atoms with van der Waals surface area (Å²) in [6, 6.07) is 8.28. The molecule has 0 saturated heterocycles. The van der Waals surface area contributed by atoms with Gasteiger partial charge in [-0.05, 0) is 19.1 Å². The third kappa shape index (κ3) is 2.60. The number of hydrogen-bond donors (Lipinski definition) is 0. The zero-order valence-corrected chi connectivity index (χ0v) is 11.6. The van der Waals surface area contributed by atoms with Gasteiger partial charge >= 0.3 is 5.97 Å². The fourth-order valence-electron chi connectivity index (χ4n) is 1.99. The minimum Gasteiger partial charge on any atom is -0.455 e. The normalized spacial score (nSPS) is 10.8. The highest BCUT2D eigenvalue weighted by Crippen LogP contribution is 2.10. The van der Waals surface area contributed by atoms with E-state index in [4.69, 9.17) is 9.26 Å². The summed E-state index contributed by atoms with van der Waals surface area (Å²) in [5.41, 5.74) is -0.00748. The van der Waals surface area contributed by atoms with Crippen molar-refractivity contribution >= 4 is 11.6 Å². The summed E-state index contributed by atoms with van der Waals surface area (Å²) in [5.74, 6) is -0.949. The Bertz CT molecular complexity index is 913. The summed E-state index contributed by atoms with van der Waals surface area (Å²) in [4.78, 5) is 27.8. The highest BCUT2D eigenvalue weighted by molar-refractivity contribution is 5.89. The molecule has 1 aromatic carbocycles. The number of nitrogens with zero attached hydrogens (tertiary/aromatic N) is 2. The molecule has 0 aliphatic carbocycles. The van der Waals surface area contributed by atoms with Gasteiger partial charge in [0.05, 0.1) is 11.3 Å². The van der Waals surface area contributed by atoms with Gasteiger partial charge in [0.15, 0.2) is 5.65 Å². The number of aromatic nitrogens is 2. The van der Waals surface area contributed by atoms with E-state index < -0.39 is 17.3 Å². The largest absolute Gasteiger partial charge is 0.455 e. The molecule has 3 rings (SSSR count). The predicted octanol–water partition coefficient (Wildman–Crippen LogP) is 2.09. The number of halogens is 1. The van der Waals surface area contributed by atoms with E-state index in [9.17, 15) is 14.0 Å². The summed E-state index contributed by atoms with van der Waals surface area (Å²) in [7, 11) is 0. The molecule has 0 unspecified atom stereocenters. The molecule has 112 valence electrons. The van der Waals surface area contributed by atoms with Crippen LogP contribution in [-0.2, 0) is 11.3 Å². The molecule has 0 saturated carbocycles. The number of hydrogen-bond acceptors (Lipinski definition) is 5. The fraction of sp³-hybridized carbons (Fsp3) is 0.133. The van der Waals surface area contributed by atoms with Crippen LogP contribution in [-0.4, -0.2) is 15.5 Å². The van der Waals surface area contributed by atoms with Crippen molar-refractivity contribution in [3.8, 4) is 0 Å². The van der Waals surface area contributed by atoms with Crippen LogP contribution in [0.4, 0.5) is 4.39 Å². The van der Waals surface area contributed by atoms with E-state index in [2.05, 4.69) is 4.98 Å². The maximum Gasteiger partial charge on any atom is 0.341 e. The number of carbonyl (C=O) groups is 1. The number of ether oxygens (including phenoxy) is 1. The fourth-order valence-corrected chi connectivity index (χ4v) is 1.99. The molecule has 0 N–H and O–H groups in total. The number of aryl methyl sites for hydroxylation is 1. The van der Waals surface area contributed by atoms with Crippen molar-refractivity contribution in [2.75, 3.05) is 0 Å². The van der Waals surface area contributed by atoms with Crippen LogP contribution < -0.4 is 5.56 Å². The zero-order valence-electron chi connectivity index (χ0n) is 11.6. The Morgan fingerprint density at radius 3 is 2.91 bits per heavy atom. The molecule has 0 spiro atoms. The lowest BCUT2D eigenvalue weighted by Crippen LogP contribution is -2.15. The number of fused-ring (bicyclic) bond motifs is 1. The highest BCUT2D eigenvalue weighted by Gasteiger charge is 2.13. The van der Waals surface area contributed by atoms with E-state index in [0.29, 0.717) is 11.4 Å². The Labute approximate surface area is 123 Å². The van der Waals surface area contributed by atoms with Gasteiger partial charge in [-0.25, -0.2) is 14.2 Å². The molecule has 22 heavy (non-hydrogen) atoms. The lowest BCUT2D eigenvalue weighted by Gasteiger charge is -2.05. The molecular formula is C15H11FN2O4. The zero-order chi connectivity index (χ0) is 15.7. The van der Waals surface area contributed by atoms with Crippen LogP contribution in [0.25, 0.3) is 5.65 Å². The van der Waals surface area contributed by atoms with Crippen LogP contribution in [0.5, 0.6) is 0 Å².